The number of aromatic nitrogens is 2. The van der Waals surface area contributed by atoms with E-state index in [4.69, 9.17) is 21.1 Å². The number of thiophene rings is 1. The Morgan fingerprint density at radius 2 is 1.92 bits per heavy atom. The van der Waals surface area contributed by atoms with Crippen molar-refractivity contribution in [2.45, 2.75) is 0 Å². The first-order valence-electron chi connectivity index (χ1n) is 6.65. The molecule has 0 aliphatic rings. The summed E-state index contributed by atoms with van der Waals surface area (Å²) >= 11 is 10.7. The highest BCUT2D eigenvalue weighted by molar-refractivity contribution is 9.10. The number of hydrogen-bond donors (Lipinski definition) is 1. The largest absolute Gasteiger partial charge is 0.495 e. The number of nitrogens with one attached hydrogen (secondary N) is 1. The Hall–Kier alpha value is -1.90. The van der Waals surface area contributed by atoms with E-state index in [0.29, 0.717) is 42.6 Å². The summed E-state index contributed by atoms with van der Waals surface area (Å²) in [6, 6.07) is 3.39. The van der Waals surface area contributed by atoms with E-state index in [9.17, 15) is 4.79 Å². The summed E-state index contributed by atoms with van der Waals surface area (Å²) in [5.74, 6) is 0.790. The topological polar surface area (TPSA) is 73.3 Å². The van der Waals surface area contributed by atoms with Crippen molar-refractivity contribution in [3.63, 3.8) is 0 Å². The van der Waals surface area contributed by atoms with Crippen molar-refractivity contribution in [2.75, 3.05) is 19.5 Å². The molecule has 1 amide bonds. The predicted molar refractivity (Wildman–Crippen MR) is 97.6 cm³/mol. The van der Waals surface area contributed by atoms with E-state index in [-0.39, 0.29) is 5.91 Å². The number of fused-ring (bicyclic) bond motifs is 1. The van der Waals surface area contributed by atoms with Crippen LogP contribution in [0.2, 0.25) is 5.15 Å². The molecule has 0 aliphatic heterocycles. The zero-order valence-electron chi connectivity index (χ0n) is 12.6. The molecule has 0 atom stereocenters. The third kappa shape index (κ3) is 3.04. The number of halogens is 2. The van der Waals surface area contributed by atoms with Gasteiger partial charge < -0.3 is 14.8 Å². The molecule has 0 saturated carbocycles. The molecular weight excluding hydrogens is 418 g/mol. The van der Waals surface area contributed by atoms with Gasteiger partial charge in [0.2, 0.25) is 0 Å². The lowest BCUT2D eigenvalue weighted by atomic mass is 10.2. The Morgan fingerprint density at radius 1 is 1.25 bits per heavy atom. The number of carbonyl (C=O) groups excluding carboxylic acids is 1. The zero-order chi connectivity index (χ0) is 17.3. The summed E-state index contributed by atoms with van der Waals surface area (Å²) in [5.41, 5.74) is 1.49. The van der Waals surface area contributed by atoms with Crippen LogP contribution in [0.3, 0.4) is 0 Å². The van der Waals surface area contributed by atoms with Gasteiger partial charge in [-0.25, -0.2) is 9.97 Å². The van der Waals surface area contributed by atoms with Crippen LogP contribution in [0, 0.1) is 0 Å². The van der Waals surface area contributed by atoms with E-state index >= 15 is 0 Å². The van der Waals surface area contributed by atoms with Gasteiger partial charge in [0, 0.05) is 23.2 Å². The second-order valence-corrected chi connectivity index (χ2v) is 6.67. The van der Waals surface area contributed by atoms with Crippen LogP contribution in [0.1, 0.15) is 10.4 Å². The van der Waals surface area contributed by atoms with Crippen molar-refractivity contribution >= 4 is 60.7 Å². The van der Waals surface area contributed by atoms with Gasteiger partial charge in [0.15, 0.2) is 0 Å². The van der Waals surface area contributed by atoms with Gasteiger partial charge in [0.1, 0.15) is 27.5 Å². The molecule has 1 N–H and O–H groups in total. The number of methoxy groups -OCH3 is 2. The number of ether oxygens (including phenoxy) is 2. The number of anilines is 1. The van der Waals surface area contributed by atoms with Gasteiger partial charge in [-0.05, 0) is 15.9 Å². The highest BCUT2D eigenvalue weighted by Gasteiger charge is 2.17. The maximum atomic E-state index is 12.6. The van der Waals surface area contributed by atoms with Crippen LogP contribution in [0.4, 0.5) is 5.69 Å². The summed E-state index contributed by atoms with van der Waals surface area (Å²) in [4.78, 5) is 20.6. The normalized spacial score (nSPS) is 10.7. The number of carbonyl (C=O) groups is 1. The standard InChI is InChI=1S/C15H11BrClN3O3S/c1-22-9-3-7(4-10(23-2)11(9)16)20-15(21)8-5-24-13-12(8)18-6-19-14(13)17/h3-6H,1-2H3,(H,20,21). The van der Waals surface area contributed by atoms with Gasteiger partial charge >= 0.3 is 0 Å². The fourth-order valence-electron chi connectivity index (χ4n) is 2.12. The van der Waals surface area contributed by atoms with Crippen LogP contribution in [-0.4, -0.2) is 30.1 Å². The smallest absolute Gasteiger partial charge is 0.258 e. The molecule has 3 rings (SSSR count). The second kappa shape index (κ2) is 6.92. The lowest BCUT2D eigenvalue weighted by Crippen LogP contribution is -2.12. The third-order valence-electron chi connectivity index (χ3n) is 3.26. The number of hydrogen-bond acceptors (Lipinski definition) is 6. The number of nitrogens with zero attached hydrogens (tertiary/aromatic N) is 2. The molecule has 0 spiro atoms. The molecule has 1 aromatic carbocycles. The Morgan fingerprint density at radius 3 is 2.54 bits per heavy atom. The van der Waals surface area contributed by atoms with E-state index in [1.165, 1.54) is 31.9 Å². The predicted octanol–water partition coefficient (Wildman–Crippen LogP) is 4.38. The fourth-order valence-corrected chi connectivity index (χ4v) is 3.82. The lowest BCUT2D eigenvalue weighted by molar-refractivity contribution is 0.102. The number of amides is 1. The molecule has 2 heterocycles. The molecule has 124 valence electrons. The molecule has 0 bridgehead atoms. The van der Waals surface area contributed by atoms with Crippen molar-refractivity contribution in [3.8, 4) is 11.5 Å². The van der Waals surface area contributed by atoms with Gasteiger partial charge in [-0.3, -0.25) is 4.79 Å². The summed E-state index contributed by atoms with van der Waals surface area (Å²) in [7, 11) is 3.08. The molecular formula is C15H11BrClN3O3S. The summed E-state index contributed by atoms with van der Waals surface area (Å²) in [6.45, 7) is 0. The van der Waals surface area contributed by atoms with Crippen molar-refractivity contribution in [1.82, 2.24) is 9.97 Å². The zero-order valence-corrected chi connectivity index (χ0v) is 15.8. The van der Waals surface area contributed by atoms with Crippen LogP contribution < -0.4 is 14.8 Å². The van der Waals surface area contributed by atoms with Gasteiger partial charge in [0.05, 0.1) is 30.0 Å². The summed E-state index contributed by atoms with van der Waals surface area (Å²) in [6.07, 6.45) is 1.33. The molecule has 2 aromatic heterocycles. The van der Waals surface area contributed by atoms with Gasteiger partial charge in [-0.15, -0.1) is 11.3 Å². The third-order valence-corrected chi connectivity index (χ3v) is 5.41. The maximum Gasteiger partial charge on any atom is 0.258 e. The van der Waals surface area contributed by atoms with Gasteiger partial charge in [0.25, 0.3) is 5.91 Å². The highest BCUT2D eigenvalue weighted by Crippen LogP contribution is 2.38. The van der Waals surface area contributed by atoms with Crippen LogP contribution in [0.5, 0.6) is 11.5 Å². The average molecular weight is 429 g/mol. The molecule has 0 saturated heterocycles. The number of rotatable bonds is 4. The highest BCUT2D eigenvalue weighted by atomic mass is 79.9. The minimum Gasteiger partial charge on any atom is -0.495 e. The van der Waals surface area contributed by atoms with Crippen LogP contribution in [0.25, 0.3) is 10.2 Å². The van der Waals surface area contributed by atoms with E-state index in [1.54, 1.807) is 17.5 Å². The first-order valence-corrected chi connectivity index (χ1v) is 8.70. The Balaban J connectivity index is 1.96. The van der Waals surface area contributed by atoms with Crippen LogP contribution in [0.15, 0.2) is 28.3 Å². The average Bonchev–Trinajstić information content (AvgIpc) is 3.01. The lowest BCUT2D eigenvalue weighted by Gasteiger charge is -2.12. The van der Waals surface area contributed by atoms with Crippen molar-refractivity contribution < 1.29 is 14.3 Å². The maximum absolute atomic E-state index is 12.6. The Labute approximate surface area is 154 Å². The monoisotopic (exact) mass is 427 g/mol. The molecule has 3 aromatic rings. The molecule has 0 radical (unpaired) electrons. The SMILES string of the molecule is COc1cc(NC(=O)c2csc3c(Cl)ncnc23)cc(OC)c1Br. The minimum absolute atomic E-state index is 0.303. The van der Waals surface area contributed by atoms with Crippen LogP contribution >= 0.6 is 38.9 Å². The van der Waals surface area contributed by atoms with Gasteiger partial charge in [-0.1, -0.05) is 11.6 Å². The first-order chi connectivity index (χ1) is 11.5. The van der Waals surface area contributed by atoms with Crippen molar-refractivity contribution in [2.24, 2.45) is 0 Å². The quantitative estimate of drug-likeness (QED) is 0.624. The molecule has 0 fully saturated rings. The van der Waals surface area contributed by atoms with E-state index < -0.39 is 0 Å². The van der Waals surface area contributed by atoms with Crippen LogP contribution in [-0.2, 0) is 0 Å². The molecule has 24 heavy (non-hydrogen) atoms. The van der Waals surface area contributed by atoms with Crippen molar-refractivity contribution in [3.05, 3.63) is 39.0 Å². The van der Waals surface area contributed by atoms with Crippen molar-refractivity contribution in [1.29, 1.82) is 0 Å². The minimum atomic E-state index is -0.303. The number of benzene rings is 1. The molecule has 0 unspecified atom stereocenters. The Kier molecular flexibility index (Phi) is 4.88. The van der Waals surface area contributed by atoms with E-state index in [2.05, 4.69) is 31.2 Å². The summed E-state index contributed by atoms with van der Waals surface area (Å²) < 4.78 is 11.9. The van der Waals surface area contributed by atoms with E-state index in [0.717, 1.165) is 0 Å². The molecule has 0 aliphatic carbocycles. The van der Waals surface area contributed by atoms with Gasteiger partial charge in [-0.2, -0.15) is 0 Å². The molecule has 6 nitrogen and oxygen atoms in total. The first kappa shape index (κ1) is 16.9. The molecule has 9 heteroatoms. The van der Waals surface area contributed by atoms with E-state index in [1.807, 2.05) is 0 Å². The Bertz CT molecular complexity index is 906. The fraction of sp³-hybridized carbons (Fsp3) is 0.133. The summed E-state index contributed by atoms with van der Waals surface area (Å²) in [5, 5.41) is 4.85. The second-order valence-electron chi connectivity index (χ2n) is 4.64.